The van der Waals surface area contributed by atoms with Crippen LogP contribution in [0.2, 0.25) is 0 Å². The van der Waals surface area contributed by atoms with E-state index in [1.807, 2.05) is 0 Å². The molecule has 0 aliphatic heterocycles. The predicted octanol–water partition coefficient (Wildman–Crippen LogP) is 3.27. The maximum atomic E-state index is 10.9. The number of hydrogen-bond donors (Lipinski definition) is 0. The van der Waals surface area contributed by atoms with Crippen LogP contribution >= 0.6 is 0 Å². The summed E-state index contributed by atoms with van der Waals surface area (Å²) < 4.78 is 0. The number of aliphatic imine (C=N–C) groups is 4. The van der Waals surface area contributed by atoms with Crippen molar-refractivity contribution >= 4 is 35.7 Å². The fraction of sp³-hybridized carbons (Fsp3) is 0.158. The highest BCUT2D eigenvalue weighted by Crippen LogP contribution is 2.39. The first-order valence-corrected chi connectivity index (χ1v) is 7.65. The molecule has 2 aromatic carbocycles. The molecule has 0 radical (unpaired) electrons. The molecular weight excluding hydrogens is 348 g/mol. The fourth-order valence-electron chi connectivity index (χ4n) is 2.62. The zero-order chi connectivity index (χ0) is 19.6. The SMILES string of the molecule is Cc1c(N=C=O)ccc(-c2cc(CN=C=O)ccc2CN=C=O)c1N=C=O. The van der Waals surface area contributed by atoms with Crippen LogP contribution < -0.4 is 0 Å². The van der Waals surface area contributed by atoms with Gasteiger partial charge in [0.15, 0.2) is 0 Å². The van der Waals surface area contributed by atoms with Crippen LogP contribution in [0.5, 0.6) is 0 Å². The highest BCUT2D eigenvalue weighted by Gasteiger charge is 2.15. The quantitative estimate of drug-likeness (QED) is 0.556. The van der Waals surface area contributed by atoms with Crippen LogP contribution in [0.4, 0.5) is 11.4 Å². The molecule has 0 unspecified atom stereocenters. The zero-order valence-corrected chi connectivity index (χ0v) is 14.2. The van der Waals surface area contributed by atoms with Crippen molar-refractivity contribution in [2.24, 2.45) is 20.0 Å². The van der Waals surface area contributed by atoms with Gasteiger partial charge in [0, 0.05) is 11.1 Å². The van der Waals surface area contributed by atoms with Crippen LogP contribution in [-0.2, 0) is 32.3 Å². The maximum absolute atomic E-state index is 10.9. The van der Waals surface area contributed by atoms with Gasteiger partial charge in [0.25, 0.3) is 0 Å². The van der Waals surface area contributed by atoms with E-state index in [0.717, 1.165) is 0 Å². The molecule has 27 heavy (non-hydrogen) atoms. The Labute approximate surface area is 153 Å². The lowest BCUT2D eigenvalue weighted by atomic mass is 9.93. The molecule has 8 nitrogen and oxygen atoms in total. The van der Waals surface area contributed by atoms with E-state index in [4.69, 9.17) is 0 Å². The monoisotopic (exact) mass is 360 g/mol. The van der Waals surface area contributed by atoms with Crippen molar-refractivity contribution in [3.8, 4) is 11.1 Å². The molecule has 0 saturated carbocycles. The number of hydrogen-bond acceptors (Lipinski definition) is 8. The number of carbonyl (C=O) groups excluding carboxylic acids is 4. The molecule has 132 valence electrons. The van der Waals surface area contributed by atoms with Crippen molar-refractivity contribution < 1.29 is 19.2 Å². The van der Waals surface area contributed by atoms with Crippen molar-refractivity contribution in [3.63, 3.8) is 0 Å². The number of isocyanates is 4. The smallest absolute Gasteiger partial charge is 0.211 e. The third-order valence-electron chi connectivity index (χ3n) is 3.83. The van der Waals surface area contributed by atoms with E-state index in [1.165, 1.54) is 24.3 Å². The number of benzene rings is 2. The first-order chi connectivity index (χ1) is 13.2. The molecule has 0 aliphatic carbocycles. The van der Waals surface area contributed by atoms with Gasteiger partial charge in [-0.2, -0.15) is 9.98 Å². The second-order valence-corrected chi connectivity index (χ2v) is 5.32. The Morgan fingerprint density at radius 3 is 2.15 bits per heavy atom. The Morgan fingerprint density at radius 2 is 1.48 bits per heavy atom. The molecule has 0 fully saturated rings. The lowest BCUT2D eigenvalue weighted by Gasteiger charge is -2.14. The Hall–Kier alpha value is -4.04. The van der Waals surface area contributed by atoms with Crippen LogP contribution in [0.15, 0.2) is 50.3 Å². The lowest BCUT2D eigenvalue weighted by molar-refractivity contribution is 0.562. The summed E-state index contributed by atoms with van der Waals surface area (Å²) in [5, 5.41) is 0. The number of rotatable bonds is 7. The van der Waals surface area contributed by atoms with Crippen molar-refractivity contribution in [2.45, 2.75) is 20.0 Å². The van der Waals surface area contributed by atoms with Crippen molar-refractivity contribution in [3.05, 3.63) is 47.0 Å². The zero-order valence-electron chi connectivity index (χ0n) is 14.2. The normalized spacial score (nSPS) is 9.22. The van der Waals surface area contributed by atoms with Gasteiger partial charge < -0.3 is 0 Å². The Morgan fingerprint density at radius 1 is 0.778 bits per heavy atom. The van der Waals surface area contributed by atoms with Gasteiger partial charge >= 0.3 is 0 Å². The Bertz CT molecular complexity index is 1070. The molecule has 8 heteroatoms. The first-order valence-electron chi connectivity index (χ1n) is 7.65. The Kier molecular flexibility index (Phi) is 6.75. The summed E-state index contributed by atoms with van der Waals surface area (Å²) in [6.45, 7) is 1.83. The summed E-state index contributed by atoms with van der Waals surface area (Å²) in [5.41, 5.74) is 3.64. The van der Waals surface area contributed by atoms with E-state index < -0.39 is 0 Å². The second kappa shape index (κ2) is 9.44. The standard InChI is InChI=1S/C19H12N4O4/c1-13-18(22-11-26)5-4-16(19(13)23-12-27)17-6-14(7-20-9-24)2-3-15(17)8-21-10-25/h2-6H,7-8H2,1H3. The summed E-state index contributed by atoms with van der Waals surface area (Å²) in [6.07, 6.45) is 5.90. The molecule has 0 saturated heterocycles. The first kappa shape index (κ1) is 19.3. The topological polar surface area (TPSA) is 118 Å². The molecule has 0 bridgehead atoms. The minimum Gasteiger partial charge on any atom is -0.211 e. The van der Waals surface area contributed by atoms with E-state index in [-0.39, 0.29) is 18.8 Å². The molecule has 2 rings (SSSR count). The summed E-state index contributed by atoms with van der Waals surface area (Å²) in [4.78, 5) is 56.9. The molecule has 0 spiro atoms. The molecule has 2 aromatic rings. The van der Waals surface area contributed by atoms with Gasteiger partial charge in [-0.15, -0.1) is 0 Å². The van der Waals surface area contributed by atoms with E-state index in [2.05, 4.69) is 20.0 Å². The number of nitrogens with zero attached hydrogens (tertiary/aromatic N) is 4. The van der Waals surface area contributed by atoms with Crippen molar-refractivity contribution in [1.82, 2.24) is 0 Å². The third kappa shape index (κ3) is 4.53. The highest BCUT2D eigenvalue weighted by atomic mass is 16.1. The summed E-state index contributed by atoms with van der Waals surface area (Å²) >= 11 is 0. The molecule has 0 aromatic heterocycles. The minimum atomic E-state index is 0.0631. The van der Waals surface area contributed by atoms with Gasteiger partial charge in [-0.3, -0.25) is 0 Å². The predicted molar refractivity (Wildman–Crippen MR) is 95.8 cm³/mol. The summed E-state index contributed by atoms with van der Waals surface area (Å²) in [5.74, 6) is 0. The van der Waals surface area contributed by atoms with Crippen LogP contribution in [0.3, 0.4) is 0 Å². The average molecular weight is 360 g/mol. The van der Waals surface area contributed by atoms with Gasteiger partial charge in [0.1, 0.15) is 0 Å². The van der Waals surface area contributed by atoms with Crippen LogP contribution in [0, 0.1) is 6.92 Å². The van der Waals surface area contributed by atoms with Crippen molar-refractivity contribution in [2.75, 3.05) is 0 Å². The van der Waals surface area contributed by atoms with E-state index >= 15 is 0 Å². The lowest BCUT2D eigenvalue weighted by Crippen LogP contribution is -1.93. The van der Waals surface area contributed by atoms with Crippen LogP contribution in [0.25, 0.3) is 11.1 Å². The maximum Gasteiger partial charge on any atom is 0.240 e. The minimum absolute atomic E-state index is 0.0631. The third-order valence-corrected chi connectivity index (χ3v) is 3.83. The summed E-state index contributed by atoms with van der Waals surface area (Å²) in [7, 11) is 0. The van der Waals surface area contributed by atoms with Crippen LogP contribution in [-0.4, -0.2) is 24.3 Å². The summed E-state index contributed by atoms with van der Waals surface area (Å²) in [6, 6.07) is 8.43. The Balaban J connectivity index is 2.78. The molecule has 0 amide bonds. The molecule has 0 aliphatic rings. The highest BCUT2D eigenvalue weighted by molar-refractivity contribution is 5.85. The molecule has 0 heterocycles. The van der Waals surface area contributed by atoms with Gasteiger partial charge in [-0.05, 0) is 41.8 Å². The molecule has 0 atom stereocenters. The molecule has 0 N–H and O–H groups in total. The molecular formula is C19H12N4O4. The van der Waals surface area contributed by atoms with Crippen LogP contribution in [0.1, 0.15) is 16.7 Å². The van der Waals surface area contributed by atoms with Crippen molar-refractivity contribution in [1.29, 1.82) is 0 Å². The van der Waals surface area contributed by atoms with E-state index in [1.54, 1.807) is 37.3 Å². The van der Waals surface area contributed by atoms with Gasteiger partial charge in [-0.1, -0.05) is 12.1 Å². The van der Waals surface area contributed by atoms with Gasteiger partial charge in [-0.25, -0.2) is 29.2 Å². The van der Waals surface area contributed by atoms with E-state index in [0.29, 0.717) is 33.5 Å². The van der Waals surface area contributed by atoms with Gasteiger partial charge in [0.05, 0.1) is 24.5 Å². The largest absolute Gasteiger partial charge is 0.240 e. The van der Waals surface area contributed by atoms with E-state index in [9.17, 15) is 19.2 Å². The fourth-order valence-corrected chi connectivity index (χ4v) is 2.62. The average Bonchev–Trinajstić information content (AvgIpc) is 2.68. The second-order valence-electron chi connectivity index (χ2n) is 5.32. The van der Waals surface area contributed by atoms with Gasteiger partial charge in [0.2, 0.25) is 24.3 Å².